The molecule has 0 saturated carbocycles. The second-order valence-corrected chi connectivity index (χ2v) is 5.99. The van der Waals surface area contributed by atoms with E-state index in [4.69, 9.17) is 4.74 Å². The van der Waals surface area contributed by atoms with E-state index in [-0.39, 0.29) is 5.97 Å². The van der Waals surface area contributed by atoms with Gasteiger partial charge in [0.2, 0.25) is 0 Å². The fourth-order valence-electron chi connectivity index (χ4n) is 3.29. The molecular weight excluding hydrogens is 308 g/mol. The highest BCUT2D eigenvalue weighted by atomic mass is 16.5. The summed E-state index contributed by atoms with van der Waals surface area (Å²) in [5.74, 6) is -0.280. The van der Waals surface area contributed by atoms with E-state index in [1.165, 1.54) is 27.1 Å². The number of carbonyl (C=O) groups excluding carboxylic acids is 1. The third-order valence-electron chi connectivity index (χ3n) is 4.48. The first-order valence-corrected chi connectivity index (χ1v) is 8.46. The summed E-state index contributed by atoms with van der Waals surface area (Å²) in [5, 5.41) is 4.92. The van der Waals surface area contributed by atoms with E-state index in [0.717, 1.165) is 5.56 Å². The van der Waals surface area contributed by atoms with Crippen LogP contribution in [0.4, 0.5) is 0 Å². The van der Waals surface area contributed by atoms with E-state index < -0.39 is 0 Å². The van der Waals surface area contributed by atoms with Crippen molar-refractivity contribution in [1.29, 1.82) is 0 Å². The summed E-state index contributed by atoms with van der Waals surface area (Å²) in [4.78, 5) is 11.9. The lowest BCUT2D eigenvalue weighted by molar-refractivity contribution is 0.0526. The largest absolute Gasteiger partial charge is 0.462 e. The molecule has 2 nitrogen and oxygen atoms in total. The summed E-state index contributed by atoms with van der Waals surface area (Å²) in [7, 11) is 0. The molecule has 4 rings (SSSR count). The van der Waals surface area contributed by atoms with Crippen molar-refractivity contribution in [2.75, 3.05) is 6.61 Å². The first-order valence-electron chi connectivity index (χ1n) is 8.46. The van der Waals surface area contributed by atoms with Crippen LogP contribution in [0.5, 0.6) is 0 Å². The molecule has 0 aliphatic rings. The summed E-state index contributed by atoms with van der Waals surface area (Å²) in [6.45, 7) is 2.20. The van der Waals surface area contributed by atoms with Gasteiger partial charge in [-0.25, -0.2) is 4.79 Å². The standard InChI is InChI=1S/C23H18O2/c1-2-25-23(24)17-13-11-16(12-14-17)22-15-18-7-3-4-8-19(18)20-9-5-6-10-21(20)22/h3-15H,2H2,1H3. The van der Waals surface area contributed by atoms with Crippen molar-refractivity contribution in [1.82, 2.24) is 0 Å². The molecule has 0 aliphatic heterocycles. The van der Waals surface area contributed by atoms with Crippen LogP contribution < -0.4 is 0 Å². The van der Waals surface area contributed by atoms with Gasteiger partial charge in [0.15, 0.2) is 0 Å². The van der Waals surface area contributed by atoms with Crippen molar-refractivity contribution in [3.05, 3.63) is 84.4 Å². The van der Waals surface area contributed by atoms with Gasteiger partial charge < -0.3 is 4.74 Å². The number of benzene rings is 4. The third-order valence-corrected chi connectivity index (χ3v) is 4.48. The predicted octanol–water partition coefficient (Wildman–Crippen LogP) is 5.84. The van der Waals surface area contributed by atoms with Crippen molar-refractivity contribution in [3.63, 3.8) is 0 Å². The monoisotopic (exact) mass is 326 g/mol. The number of esters is 1. The Kier molecular flexibility index (Phi) is 3.95. The minimum Gasteiger partial charge on any atom is -0.462 e. The van der Waals surface area contributed by atoms with Crippen molar-refractivity contribution < 1.29 is 9.53 Å². The lowest BCUT2D eigenvalue weighted by atomic mass is 9.93. The molecule has 0 amide bonds. The van der Waals surface area contributed by atoms with Crippen LogP contribution in [0.2, 0.25) is 0 Å². The molecule has 0 fully saturated rings. The second-order valence-electron chi connectivity index (χ2n) is 5.99. The van der Waals surface area contributed by atoms with Crippen LogP contribution >= 0.6 is 0 Å². The molecule has 0 spiro atoms. The van der Waals surface area contributed by atoms with E-state index >= 15 is 0 Å². The Balaban J connectivity index is 1.89. The summed E-state index contributed by atoms with van der Waals surface area (Å²) in [5.41, 5.74) is 2.84. The van der Waals surface area contributed by atoms with Crippen molar-refractivity contribution in [3.8, 4) is 11.1 Å². The van der Waals surface area contributed by atoms with Gasteiger partial charge in [0.25, 0.3) is 0 Å². The van der Waals surface area contributed by atoms with Gasteiger partial charge in [0.1, 0.15) is 0 Å². The number of hydrogen-bond acceptors (Lipinski definition) is 2. The summed E-state index contributed by atoms with van der Waals surface area (Å²) in [6, 6.07) is 26.7. The summed E-state index contributed by atoms with van der Waals surface area (Å²) in [6.07, 6.45) is 0. The molecule has 0 aromatic heterocycles. The highest BCUT2D eigenvalue weighted by Crippen LogP contribution is 2.34. The maximum absolute atomic E-state index is 11.9. The zero-order chi connectivity index (χ0) is 17.2. The smallest absolute Gasteiger partial charge is 0.338 e. The quantitative estimate of drug-likeness (QED) is 0.349. The second kappa shape index (κ2) is 6.40. The number of carbonyl (C=O) groups is 1. The summed E-state index contributed by atoms with van der Waals surface area (Å²) < 4.78 is 5.06. The van der Waals surface area contributed by atoms with E-state index in [1.807, 2.05) is 31.2 Å². The predicted molar refractivity (Wildman–Crippen MR) is 103 cm³/mol. The van der Waals surface area contributed by atoms with E-state index in [1.54, 1.807) is 0 Å². The molecule has 0 heterocycles. The topological polar surface area (TPSA) is 26.3 Å². The van der Waals surface area contributed by atoms with Crippen LogP contribution in [-0.4, -0.2) is 12.6 Å². The molecule has 2 heteroatoms. The molecule has 4 aromatic carbocycles. The molecule has 4 aromatic rings. The number of ether oxygens (including phenoxy) is 1. The van der Waals surface area contributed by atoms with Crippen LogP contribution in [0.15, 0.2) is 78.9 Å². The van der Waals surface area contributed by atoms with Crippen LogP contribution in [0.1, 0.15) is 17.3 Å². The van der Waals surface area contributed by atoms with Crippen molar-refractivity contribution >= 4 is 27.5 Å². The Hall–Kier alpha value is -3.13. The van der Waals surface area contributed by atoms with Gasteiger partial charge >= 0.3 is 5.97 Å². The molecular formula is C23H18O2. The molecule has 0 bridgehead atoms. The average Bonchev–Trinajstić information content (AvgIpc) is 2.68. The molecule has 0 aliphatic carbocycles. The minimum absolute atomic E-state index is 0.280. The third kappa shape index (κ3) is 2.76. The molecule has 25 heavy (non-hydrogen) atoms. The minimum atomic E-state index is -0.280. The highest BCUT2D eigenvalue weighted by molar-refractivity contribution is 6.13. The van der Waals surface area contributed by atoms with Crippen LogP contribution in [0.3, 0.4) is 0 Å². The van der Waals surface area contributed by atoms with Gasteiger partial charge in [-0.2, -0.15) is 0 Å². The first kappa shape index (κ1) is 15.4. The van der Waals surface area contributed by atoms with Gasteiger partial charge in [0, 0.05) is 0 Å². The fraction of sp³-hybridized carbons (Fsp3) is 0.0870. The van der Waals surface area contributed by atoms with Crippen LogP contribution in [0.25, 0.3) is 32.7 Å². The number of rotatable bonds is 3. The van der Waals surface area contributed by atoms with Crippen LogP contribution in [-0.2, 0) is 4.74 Å². The Bertz CT molecular complexity index is 1060. The zero-order valence-corrected chi connectivity index (χ0v) is 14.0. The highest BCUT2D eigenvalue weighted by Gasteiger charge is 2.10. The van der Waals surface area contributed by atoms with E-state index in [9.17, 15) is 4.79 Å². The molecule has 122 valence electrons. The maximum Gasteiger partial charge on any atom is 0.338 e. The average molecular weight is 326 g/mol. The van der Waals surface area contributed by atoms with Crippen molar-refractivity contribution in [2.24, 2.45) is 0 Å². The van der Waals surface area contributed by atoms with Crippen molar-refractivity contribution in [2.45, 2.75) is 6.92 Å². The molecule has 0 unspecified atom stereocenters. The normalized spacial score (nSPS) is 10.9. The lowest BCUT2D eigenvalue weighted by Gasteiger charge is -2.11. The summed E-state index contributed by atoms with van der Waals surface area (Å²) >= 11 is 0. The van der Waals surface area contributed by atoms with E-state index in [2.05, 4.69) is 54.6 Å². The van der Waals surface area contributed by atoms with Crippen LogP contribution in [0, 0.1) is 0 Å². The molecule has 0 radical (unpaired) electrons. The zero-order valence-electron chi connectivity index (χ0n) is 14.0. The van der Waals surface area contributed by atoms with Gasteiger partial charge in [-0.15, -0.1) is 0 Å². The van der Waals surface area contributed by atoms with Gasteiger partial charge in [-0.3, -0.25) is 0 Å². The van der Waals surface area contributed by atoms with Gasteiger partial charge in [0.05, 0.1) is 12.2 Å². The molecule has 0 atom stereocenters. The number of hydrogen-bond donors (Lipinski definition) is 0. The van der Waals surface area contributed by atoms with Gasteiger partial charge in [-0.1, -0.05) is 60.7 Å². The SMILES string of the molecule is CCOC(=O)c1ccc(-c2cc3ccccc3c3ccccc23)cc1. The lowest BCUT2D eigenvalue weighted by Crippen LogP contribution is -2.04. The maximum atomic E-state index is 11.9. The molecule has 0 N–H and O–H groups in total. The number of fused-ring (bicyclic) bond motifs is 3. The Morgan fingerprint density at radius 3 is 2.16 bits per heavy atom. The Labute approximate surface area is 146 Å². The fourth-order valence-corrected chi connectivity index (χ4v) is 3.29. The Morgan fingerprint density at radius 2 is 1.44 bits per heavy atom. The Morgan fingerprint density at radius 1 is 0.800 bits per heavy atom. The van der Waals surface area contributed by atoms with Gasteiger partial charge in [-0.05, 0) is 57.8 Å². The first-order chi connectivity index (χ1) is 12.3. The van der Waals surface area contributed by atoms with E-state index in [0.29, 0.717) is 12.2 Å². The molecule has 0 saturated heterocycles.